The second kappa shape index (κ2) is 5.72. The molecule has 2 aromatic rings. The summed E-state index contributed by atoms with van der Waals surface area (Å²) < 4.78 is 5.38. The maximum Gasteiger partial charge on any atom is 0.125 e. The molecular formula is C12H9Cl4NO. The van der Waals surface area contributed by atoms with Crippen LogP contribution in [-0.4, -0.2) is 7.05 Å². The van der Waals surface area contributed by atoms with Gasteiger partial charge in [0.2, 0.25) is 0 Å². The number of furan rings is 1. The molecule has 6 heteroatoms. The van der Waals surface area contributed by atoms with Crippen LogP contribution in [0.4, 0.5) is 0 Å². The van der Waals surface area contributed by atoms with Crippen LogP contribution in [0.1, 0.15) is 5.76 Å². The monoisotopic (exact) mass is 323 g/mol. The van der Waals surface area contributed by atoms with Crippen molar-refractivity contribution in [3.63, 3.8) is 0 Å². The first-order chi connectivity index (χ1) is 8.56. The van der Waals surface area contributed by atoms with Gasteiger partial charge in [-0.3, -0.25) is 0 Å². The lowest BCUT2D eigenvalue weighted by atomic mass is 10.1. The van der Waals surface area contributed by atoms with Gasteiger partial charge in [0.15, 0.2) is 0 Å². The van der Waals surface area contributed by atoms with E-state index in [2.05, 4.69) is 5.32 Å². The molecule has 0 bridgehead atoms. The first kappa shape index (κ1) is 14.0. The molecule has 1 aromatic heterocycles. The van der Waals surface area contributed by atoms with Crippen LogP contribution in [0.5, 0.6) is 0 Å². The van der Waals surface area contributed by atoms with E-state index in [4.69, 9.17) is 50.8 Å². The van der Waals surface area contributed by atoms with Crippen molar-refractivity contribution in [2.45, 2.75) is 6.54 Å². The van der Waals surface area contributed by atoms with Gasteiger partial charge in [-0.25, -0.2) is 0 Å². The maximum atomic E-state index is 6.20. The van der Waals surface area contributed by atoms with Crippen molar-refractivity contribution in [2.24, 2.45) is 0 Å². The van der Waals surface area contributed by atoms with E-state index in [0.717, 1.165) is 11.3 Å². The van der Waals surface area contributed by atoms with Gasteiger partial charge in [-0.1, -0.05) is 46.4 Å². The SMILES string of the molecule is CNCc1occc1-c1c(Cl)cc(Cl)c(Cl)c1Cl. The molecule has 0 unspecified atom stereocenters. The quantitative estimate of drug-likeness (QED) is 0.613. The highest BCUT2D eigenvalue weighted by atomic mass is 35.5. The van der Waals surface area contributed by atoms with E-state index in [1.807, 2.05) is 7.05 Å². The lowest BCUT2D eigenvalue weighted by molar-refractivity contribution is 0.497. The van der Waals surface area contributed by atoms with E-state index in [1.165, 1.54) is 0 Å². The van der Waals surface area contributed by atoms with Crippen LogP contribution < -0.4 is 5.32 Å². The van der Waals surface area contributed by atoms with E-state index in [-0.39, 0.29) is 5.02 Å². The van der Waals surface area contributed by atoms with Crippen LogP contribution in [0.3, 0.4) is 0 Å². The third-order valence-corrected chi connectivity index (χ3v) is 4.03. The molecule has 1 N–H and O–H groups in total. The fourth-order valence-corrected chi connectivity index (χ4v) is 2.79. The molecule has 0 fully saturated rings. The molecule has 18 heavy (non-hydrogen) atoms. The van der Waals surface area contributed by atoms with E-state index in [0.29, 0.717) is 27.2 Å². The Morgan fingerprint density at radius 3 is 2.50 bits per heavy atom. The molecular weight excluding hydrogens is 316 g/mol. The van der Waals surface area contributed by atoms with E-state index in [9.17, 15) is 0 Å². The Labute approximate surface area is 125 Å². The molecule has 0 aliphatic carbocycles. The summed E-state index contributed by atoms with van der Waals surface area (Å²) in [6.07, 6.45) is 1.58. The largest absolute Gasteiger partial charge is 0.467 e. The van der Waals surface area contributed by atoms with E-state index in [1.54, 1.807) is 18.4 Å². The Balaban J connectivity index is 2.64. The van der Waals surface area contributed by atoms with Crippen LogP contribution in [0.2, 0.25) is 20.1 Å². The van der Waals surface area contributed by atoms with Crippen molar-refractivity contribution >= 4 is 46.4 Å². The molecule has 0 saturated heterocycles. The minimum Gasteiger partial charge on any atom is -0.467 e. The first-order valence-electron chi connectivity index (χ1n) is 5.10. The molecule has 0 spiro atoms. The van der Waals surface area contributed by atoms with Gasteiger partial charge >= 0.3 is 0 Å². The Hall–Kier alpha value is -0.380. The number of hydrogen-bond donors (Lipinski definition) is 1. The second-order valence-electron chi connectivity index (χ2n) is 3.63. The average Bonchev–Trinajstić information content (AvgIpc) is 2.75. The Bertz CT molecular complexity index is 580. The highest BCUT2D eigenvalue weighted by Gasteiger charge is 2.19. The lowest BCUT2D eigenvalue weighted by Crippen LogP contribution is -2.05. The summed E-state index contributed by atoms with van der Waals surface area (Å²) in [6.45, 7) is 0.565. The molecule has 0 amide bonds. The van der Waals surface area contributed by atoms with Gasteiger partial charge < -0.3 is 9.73 Å². The molecule has 1 heterocycles. The molecule has 1 aromatic carbocycles. The lowest BCUT2D eigenvalue weighted by Gasteiger charge is -2.10. The fourth-order valence-electron chi connectivity index (χ4n) is 1.67. The molecule has 96 valence electrons. The number of rotatable bonds is 3. The van der Waals surface area contributed by atoms with Crippen molar-refractivity contribution < 1.29 is 4.42 Å². The van der Waals surface area contributed by atoms with Gasteiger partial charge in [0, 0.05) is 11.1 Å². The Morgan fingerprint density at radius 1 is 1.11 bits per heavy atom. The highest BCUT2D eigenvalue weighted by Crippen LogP contribution is 2.44. The molecule has 2 nitrogen and oxygen atoms in total. The topological polar surface area (TPSA) is 25.2 Å². The van der Waals surface area contributed by atoms with Crippen LogP contribution in [0.25, 0.3) is 11.1 Å². The van der Waals surface area contributed by atoms with Gasteiger partial charge in [0.25, 0.3) is 0 Å². The fraction of sp³-hybridized carbons (Fsp3) is 0.167. The predicted octanol–water partition coefficient (Wildman–Crippen LogP) is 5.28. The molecule has 0 radical (unpaired) electrons. The standard InChI is InChI=1S/C12H9Cl4NO/c1-17-5-9-6(2-3-18-9)10-7(13)4-8(14)11(15)12(10)16/h2-4,17H,5H2,1H3. The molecule has 0 saturated carbocycles. The van der Waals surface area contributed by atoms with Gasteiger partial charge in [-0.05, 0) is 19.2 Å². The summed E-state index contributed by atoms with van der Waals surface area (Å²) in [5.74, 6) is 0.736. The molecule has 2 rings (SSSR count). The minimum absolute atomic E-state index is 0.286. The average molecular weight is 325 g/mol. The van der Waals surface area contributed by atoms with Gasteiger partial charge in [0.1, 0.15) is 5.76 Å². The maximum absolute atomic E-state index is 6.20. The number of hydrogen-bond acceptors (Lipinski definition) is 2. The van der Waals surface area contributed by atoms with Crippen molar-refractivity contribution in [3.05, 3.63) is 44.2 Å². The van der Waals surface area contributed by atoms with Crippen molar-refractivity contribution in [1.29, 1.82) is 0 Å². The number of nitrogens with one attached hydrogen (secondary N) is 1. The van der Waals surface area contributed by atoms with Crippen molar-refractivity contribution in [2.75, 3.05) is 7.05 Å². The third-order valence-electron chi connectivity index (χ3n) is 2.47. The summed E-state index contributed by atoms with van der Waals surface area (Å²) in [5, 5.41) is 4.39. The van der Waals surface area contributed by atoms with Gasteiger partial charge in [-0.15, -0.1) is 0 Å². The first-order valence-corrected chi connectivity index (χ1v) is 6.61. The summed E-state index contributed by atoms with van der Waals surface area (Å²) >= 11 is 24.3. The molecule has 0 atom stereocenters. The Kier molecular flexibility index (Phi) is 4.46. The zero-order valence-corrected chi connectivity index (χ0v) is 12.4. The zero-order chi connectivity index (χ0) is 13.3. The van der Waals surface area contributed by atoms with Gasteiger partial charge in [-0.2, -0.15) is 0 Å². The predicted molar refractivity (Wildman–Crippen MR) is 76.9 cm³/mol. The summed E-state index contributed by atoms with van der Waals surface area (Å²) in [7, 11) is 1.82. The van der Waals surface area contributed by atoms with Crippen LogP contribution in [-0.2, 0) is 6.54 Å². The Morgan fingerprint density at radius 2 is 1.83 bits per heavy atom. The summed E-state index contributed by atoms with van der Waals surface area (Å²) in [5.41, 5.74) is 1.43. The highest BCUT2D eigenvalue weighted by molar-refractivity contribution is 6.51. The minimum atomic E-state index is 0.286. The second-order valence-corrected chi connectivity index (χ2v) is 5.20. The summed E-state index contributed by atoms with van der Waals surface area (Å²) in [6, 6.07) is 3.37. The van der Waals surface area contributed by atoms with E-state index < -0.39 is 0 Å². The number of halogens is 4. The van der Waals surface area contributed by atoms with Crippen molar-refractivity contribution in [1.82, 2.24) is 5.32 Å². The number of benzene rings is 1. The van der Waals surface area contributed by atoms with Crippen molar-refractivity contribution in [3.8, 4) is 11.1 Å². The summed E-state index contributed by atoms with van der Waals surface area (Å²) in [4.78, 5) is 0. The van der Waals surface area contributed by atoms with Crippen LogP contribution in [0, 0.1) is 0 Å². The third kappa shape index (κ3) is 2.49. The van der Waals surface area contributed by atoms with Crippen LogP contribution in [0.15, 0.2) is 22.8 Å². The van der Waals surface area contributed by atoms with Gasteiger partial charge in [0.05, 0.1) is 32.9 Å². The molecule has 0 aliphatic rings. The smallest absolute Gasteiger partial charge is 0.125 e. The van der Waals surface area contributed by atoms with Crippen LogP contribution >= 0.6 is 46.4 Å². The molecule has 0 aliphatic heterocycles. The van der Waals surface area contributed by atoms with E-state index >= 15 is 0 Å². The zero-order valence-electron chi connectivity index (χ0n) is 9.36. The normalized spacial score (nSPS) is 10.9.